The molecule has 1 N–H and O–H groups in total. The third kappa shape index (κ3) is 3.80. The maximum atomic E-state index is 5.18. The van der Waals surface area contributed by atoms with E-state index in [4.69, 9.17) is 4.74 Å². The van der Waals surface area contributed by atoms with Crippen molar-refractivity contribution in [2.45, 2.75) is 13.0 Å². The molecule has 84 valence electrons. The maximum absolute atomic E-state index is 5.18. The summed E-state index contributed by atoms with van der Waals surface area (Å²) in [4.78, 5) is 2.09. The molecule has 15 heavy (non-hydrogen) atoms. The average Bonchev–Trinajstić information content (AvgIpc) is 2.26. The molecule has 1 rings (SSSR count). The van der Waals surface area contributed by atoms with Gasteiger partial charge < -0.3 is 15.0 Å². The van der Waals surface area contributed by atoms with E-state index in [1.54, 1.807) is 7.11 Å². The van der Waals surface area contributed by atoms with Gasteiger partial charge in [0.15, 0.2) is 0 Å². The van der Waals surface area contributed by atoms with Gasteiger partial charge in [0.2, 0.25) is 0 Å². The number of nitrogens with zero attached hydrogens (tertiary/aromatic N) is 1. The van der Waals surface area contributed by atoms with Gasteiger partial charge in [0, 0.05) is 39.1 Å². The van der Waals surface area contributed by atoms with E-state index in [1.807, 2.05) is 21.0 Å². The first kappa shape index (κ1) is 11.9. The molecule has 0 heterocycles. The Balaban J connectivity index is 2.58. The Bertz CT molecular complexity index is 299. The monoisotopic (exact) mass is 208 g/mol. The third-order valence-corrected chi connectivity index (χ3v) is 2.36. The van der Waals surface area contributed by atoms with E-state index in [0.717, 1.165) is 12.2 Å². The van der Waals surface area contributed by atoms with E-state index in [2.05, 4.69) is 34.5 Å². The number of hydrogen-bond donors (Lipinski definition) is 1. The molecule has 0 spiro atoms. The van der Waals surface area contributed by atoms with Crippen LogP contribution in [0.15, 0.2) is 24.3 Å². The van der Waals surface area contributed by atoms with Crippen LogP contribution >= 0.6 is 0 Å². The molecule has 0 radical (unpaired) electrons. The van der Waals surface area contributed by atoms with Gasteiger partial charge in [0.05, 0.1) is 6.10 Å². The molecular weight excluding hydrogens is 188 g/mol. The minimum atomic E-state index is 0.230. The Kier molecular flexibility index (Phi) is 4.43. The number of nitrogens with one attached hydrogen (secondary N) is 1. The summed E-state index contributed by atoms with van der Waals surface area (Å²) in [5.41, 5.74) is 2.33. The summed E-state index contributed by atoms with van der Waals surface area (Å²) in [7, 11) is 5.80. The lowest BCUT2D eigenvalue weighted by molar-refractivity contribution is 0.129. The number of methoxy groups -OCH3 is 1. The van der Waals surface area contributed by atoms with Gasteiger partial charge >= 0.3 is 0 Å². The van der Waals surface area contributed by atoms with E-state index in [0.29, 0.717) is 0 Å². The van der Waals surface area contributed by atoms with Gasteiger partial charge in [-0.05, 0) is 25.1 Å². The minimum absolute atomic E-state index is 0.230. The molecule has 3 heteroatoms. The SMILES string of the molecule is COC(C)CNc1cccc(N(C)C)c1. The van der Waals surface area contributed by atoms with Crippen LogP contribution in [0.4, 0.5) is 11.4 Å². The molecule has 1 aromatic carbocycles. The zero-order valence-corrected chi connectivity index (χ0v) is 9.95. The van der Waals surface area contributed by atoms with Gasteiger partial charge in [0.25, 0.3) is 0 Å². The second kappa shape index (κ2) is 5.61. The number of hydrogen-bond acceptors (Lipinski definition) is 3. The average molecular weight is 208 g/mol. The lowest BCUT2D eigenvalue weighted by Gasteiger charge is -2.16. The number of benzene rings is 1. The first-order chi connectivity index (χ1) is 7.13. The Labute approximate surface area is 92.0 Å². The standard InChI is InChI=1S/C12H20N2O/c1-10(15-4)9-13-11-6-5-7-12(8-11)14(2)3/h5-8,10,13H,9H2,1-4H3. The molecule has 0 bridgehead atoms. The van der Waals surface area contributed by atoms with Crippen LogP contribution in [0.3, 0.4) is 0 Å². The van der Waals surface area contributed by atoms with Crippen molar-refractivity contribution in [2.24, 2.45) is 0 Å². The summed E-state index contributed by atoms with van der Waals surface area (Å²) in [6.45, 7) is 2.87. The van der Waals surface area contributed by atoms with E-state index in [-0.39, 0.29) is 6.10 Å². The molecule has 0 amide bonds. The largest absolute Gasteiger partial charge is 0.382 e. The van der Waals surface area contributed by atoms with Gasteiger partial charge in [-0.3, -0.25) is 0 Å². The van der Waals surface area contributed by atoms with Crippen LogP contribution in [0, 0.1) is 0 Å². The number of ether oxygens (including phenoxy) is 1. The summed E-state index contributed by atoms with van der Waals surface area (Å²) in [5, 5.41) is 3.34. The quantitative estimate of drug-likeness (QED) is 0.803. The molecule has 0 fully saturated rings. The Morgan fingerprint density at radius 1 is 1.40 bits per heavy atom. The molecule has 1 aromatic rings. The highest BCUT2D eigenvalue weighted by molar-refractivity contribution is 5.57. The van der Waals surface area contributed by atoms with Crippen molar-refractivity contribution in [1.29, 1.82) is 0 Å². The molecule has 0 aliphatic rings. The fourth-order valence-electron chi connectivity index (χ4n) is 1.24. The minimum Gasteiger partial charge on any atom is -0.382 e. The summed E-state index contributed by atoms with van der Waals surface area (Å²) >= 11 is 0. The Hall–Kier alpha value is -1.22. The summed E-state index contributed by atoms with van der Waals surface area (Å²) in [6, 6.07) is 8.33. The smallest absolute Gasteiger partial charge is 0.0715 e. The maximum Gasteiger partial charge on any atom is 0.0715 e. The van der Waals surface area contributed by atoms with E-state index in [1.165, 1.54) is 5.69 Å². The van der Waals surface area contributed by atoms with Crippen molar-refractivity contribution < 1.29 is 4.74 Å². The molecule has 0 saturated carbocycles. The van der Waals surface area contributed by atoms with Gasteiger partial charge in [-0.15, -0.1) is 0 Å². The van der Waals surface area contributed by atoms with Gasteiger partial charge in [-0.1, -0.05) is 6.07 Å². The van der Waals surface area contributed by atoms with E-state index < -0.39 is 0 Å². The van der Waals surface area contributed by atoms with Crippen LogP contribution in [-0.4, -0.2) is 33.9 Å². The molecular formula is C12H20N2O. The molecule has 0 aliphatic heterocycles. The fourth-order valence-corrected chi connectivity index (χ4v) is 1.24. The highest BCUT2D eigenvalue weighted by atomic mass is 16.5. The topological polar surface area (TPSA) is 24.5 Å². The molecule has 1 unspecified atom stereocenters. The summed E-state index contributed by atoms with van der Waals surface area (Å²) < 4.78 is 5.18. The predicted octanol–water partition coefficient (Wildman–Crippen LogP) is 2.20. The van der Waals surface area contributed by atoms with Crippen molar-refractivity contribution in [3.63, 3.8) is 0 Å². The zero-order chi connectivity index (χ0) is 11.3. The normalized spacial score (nSPS) is 12.3. The van der Waals surface area contributed by atoms with Crippen LogP contribution in [0.5, 0.6) is 0 Å². The lowest BCUT2D eigenvalue weighted by Crippen LogP contribution is -2.18. The van der Waals surface area contributed by atoms with Gasteiger partial charge in [0.1, 0.15) is 0 Å². The van der Waals surface area contributed by atoms with E-state index >= 15 is 0 Å². The van der Waals surface area contributed by atoms with Gasteiger partial charge in [-0.2, -0.15) is 0 Å². The molecule has 1 atom stereocenters. The van der Waals surface area contributed by atoms with E-state index in [9.17, 15) is 0 Å². The predicted molar refractivity (Wildman–Crippen MR) is 65.7 cm³/mol. The highest BCUT2D eigenvalue weighted by Gasteiger charge is 2.00. The van der Waals surface area contributed by atoms with Crippen LogP contribution in [0.1, 0.15) is 6.92 Å². The molecule has 0 aliphatic carbocycles. The van der Waals surface area contributed by atoms with Crippen LogP contribution in [0.25, 0.3) is 0 Å². The van der Waals surface area contributed by atoms with Crippen LogP contribution in [0.2, 0.25) is 0 Å². The third-order valence-electron chi connectivity index (χ3n) is 2.36. The Morgan fingerprint density at radius 2 is 2.13 bits per heavy atom. The summed E-state index contributed by atoms with van der Waals surface area (Å²) in [6.07, 6.45) is 0.230. The second-order valence-corrected chi connectivity index (χ2v) is 3.87. The van der Waals surface area contributed by atoms with Crippen LogP contribution in [-0.2, 0) is 4.74 Å². The zero-order valence-electron chi connectivity index (χ0n) is 9.95. The lowest BCUT2D eigenvalue weighted by atomic mass is 10.2. The second-order valence-electron chi connectivity index (χ2n) is 3.87. The first-order valence-electron chi connectivity index (χ1n) is 5.17. The van der Waals surface area contributed by atoms with Crippen molar-refractivity contribution in [3.05, 3.63) is 24.3 Å². The molecule has 3 nitrogen and oxygen atoms in total. The first-order valence-corrected chi connectivity index (χ1v) is 5.17. The molecule has 0 aromatic heterocycles. The van der Waals surface area contributed by atoms with Crippen LogP contribution < -0.4 is 10.2 Å². The number of anilines is 2. The summed E-state index contributed by atoms with van der Waals surface area (Å²) in [5.74, 6) is 0. The van der Waals surface area contributed by atoms with Crippen molar-refractivity contribution in [3.8, 4) is 0 Å². The van der Waals surface area contributed by atoms with Gasteiger partial charge in [-0.25, -0.2) is 0 Å². The fraction of sp³-hybridized carbons (Fsp3) is 0.500. The van der Waals surface area contributed by atoms with Crippen molar-refractivity contribution in [2.75, 3.05) is 38.0 Å². The van der Waals surface area contributed by atoms with Crippen molar-refractivity contribution in [1.82, 2.24) is 0 Å². The Morgan fingerprint density at radius 3 is 2.73 bits per heavy atom. The van der Waals surface area contributed by atoms with Crippen molar-refractivity contribution >= 4 is 11.4 Å². The molecule has 0 saturated heterocycles. The number of rotatable bonds is 5. The highest BCUT2D eigenvalue weighted by Crippen LogP contribution is 2.17.